The summed E-state index contributed by atoms with van der Waals surface area (Å²) in [6.45, 7) is 3.08. The van der Waals surface area contributed by atoms with Gasteiger partial charge < -0.3 is 4.90 Å². The Kier molecular flexibility index (Phi) is 8.93. The van der Waals surface area contributed by atoms with Gasteiger partial charge in [-0.05, 0) is 49.8 Å². The lowest BCUT2D eigenvalue weighted by molar-refractivity contribution is -0.384. The molecule has 12 nitrogen and oxygen atoms in total. The van der Waals surface area contributed by atoms with Gasteiger partial charge in [-0.2, -0.15) is 21.6 Å². The first-order valence-electron chi connectivity index (χ1n) is 13.7. The molecule has 2 aromatic carbocycles. The topological polar surface area (TPSA) is 153 Å². The molecule has 5 rings (SSSR count). The second-order valence-corrected chi connectivity index (χ2v) is 13.4. The van der Waals surface area contributed by atoms with Crippen LogP contribution in [0.3, 0.4) is 0 Å². The number of nitrogens with zero attached hydrogens (tertiary/aromatic N) is 4. The smallest absolute Gasteiger partial charge is 0.361 e. The summed E-state index contributed by atoms with van der Waals surface area (Å²) in [5.74, 6) is 0.311. The van der Waals surface area contributed by atoms with Gasteiger partial charge in [0.1, 0.15) is 4.70 Å². The lowest BCUT2D eigenvalue weighted by Crippen LogP contribution is -2.48. The summed E-state index contributed by atoms with van der Waals surface area (Å²) in [7, 11) is -4.06. The van der Waals surface area contributed by atoms with Crippen LogP contribution in [-0.2, 0) is 20.5 Å². The van der Waals surface area contributed by atoms with Gasteiger partial charge in [-0.3, -0.25) is 34.1 Å². The standard InChI is InChI=1S/C27H27F3N4O8S2/c28-27(29,30)18-13-22-24(35)15-25(43-26(22)23(14-18)34(38)39)32-11-9-31(10-12-32)16-17-1-5-20(6-2-17)42-44(40,41)21-7-3-19(4-8-21)33(36)37/h3-4,7-8,13-15,17,20H,1-2,5-6,9-12,16H2. The summed E-state index contributed by atoms with van der Waals surface area (Å²) in [5.41, 5.74) is -2.92. The molecule has 236 valence electrons. The number of fused-ring (bicyclic) bond motifs is 1. The first kappa shape index (κ1) is 31.7. The quantitative estimate of drug-likeness (QED) is 0.180. The Morgan fingerprint density at radius 1 is 0.932 bits per heavy atom. The Morgan fingerprint density at radius 3 is 2.14 bits per heavy atom. The zero-order valence-corrected chi connectivity index (χ0v) is 24.7. The predicted octanol–water partition coefficient (Wildman–Crippen LogP) is 5.18. The van der Waals surface area contributed by atoms with E-state index in [-0.39, 0.29) is 20.7 Å². The van der Waals surface area contributed by atoms with Crippen LogP contribution in [0.2, 0.25) is 0 Å². The molecular formula is C27H27F3N4O8S2. The average molecular weight is 657 g/mol. The Hall–Kier alpha value is -3.67. The molecule has 0 radical (unpaired) electrons. The van der Waals surface area contributed by atoms with E-state index >= 15 is 0 Å². The molecule has 2 heterocycles. The number of benzene rings is 2. The van der Waals surface area contributed by atoms with Gasteiger partial charge in [0.25, 0.3) is 21.5 Å². The van der Waals surface area contributed by atoms with E-state index in [1.165, 1.54) is 6.07 Å². The molecular weight excluding hydrogens is 629 g/mol. The number of piperazine rings is 1. The van der Waals surface area contributed by atoms with Crippen molar-refractivity contribution in [1.82, 2.24) is 4.90 Å². The normalized spacial score (nSPS) is 20.1. The van der Waals surface area contributed by atoms with E-state index in [4.69, 9.17) is 4.18 Å². The summed E-state index contributed by atoms with van der Waals surface area (Å²) < 4.78 is 70.4. The van der Waals surface area contributed by atoms with Gasteiger partial charge in [-0.15, -0.1) is 11.3 Å². The van der Waals surface area contributed by atoms with Crippen LogP contribution < -0.4 is 10.3 Å². The minimum atomic E-state index is -4.83. The van der Waals surface area contributed by atoms with Gasteiger partial charge in [0.15, 0.2) is 5.43 Å². The van der Waals surface area contributed by atoms with Crippen LogP contribution in [0, 0.1) is 26.1 Å². The molecule has 1 saturated heterocycles. The van der Waals surface area contributed by atoms with Crippen LogP contribution in [-0.4, -0.2) is 62.0 Å². The largest absolute Gasteiger partial charge is 0.416 e. The highest BCUT2D eigenvalue weighted by atomic mass is 32.2. The fraction of sp³-hybridized carbons (Fsp3) is 0.444. The lowest BCUT2D eigenvalue weighted by Gasteiger charge is -2.38. The maximum Gasteiger partial charge on any atom is 0.416 e. The third kappa shape index (κ3) is 7.00. The van der Waals surface area contributed by atoms with Crippen molar-refractivity contribution < 1.29 is 35.6 Å². The van der Waals surface area contributed by atoms with E-state index in [2.05, 4.69) is 4.90 Å². The molecule has 1 aliphatic heterocycles. The number of halogens is 3. The summed E-state index contributed by atoms with van der Waals surface area (Å²) in [6, 6.07) is 6.89. The van der Waals surface area contributed by atoms with Crippen LogP contribution in [0.4, 0.5) is 29.5 Å². The number of anilines is 1. The summed E-state index contributed by atoms with van der Waals surface area (Å²) in [6.07, 6.45) is -2.75. The van der Waals surface area contributed by atoms with Gasteiger partial charge in [0.2, 0.25) is 0 Å². The van der Waals surface area contributed by atoms with Gasteiger partial charge in [-0.25, -0.2) is 0 Å². The van der Waals surface area contributed by atoms with Crippen molar-refractivity contribution in [3.8, 4) is 0 Å². The second-order valence-electron chi connectivity index (χ2n) is 10.8. The molecule has 0 amide bonds. The molecule has 1 aliphatic carbocycles. The highest BCUT2D eigenvalue weighted by Gasteiger charge is 2.34. The van der Waals surface area contributed by atoms with Gasteiger partial charge in [-0.1, -0.05) is 0 Å². The number of non-ortho nitro benzene ring substituents is 2. The third-order valence-corrected chi connectivity index (χ3v) is 10.5. The van der Waals surface area contributed by atoms with Crippen molar-refractivity contribution in [2.24, 2.45) is 5.92 Å². The zero-order chi connectivity index (χ0) is 31.8. The van der Waals surface area contributed by atoms with Crippen molar-refractivity contribution in [2.45, 2.75) is 42.9 Å². The SMILES string of the molecule is O=c1cc(N2CCN(CC3CCC(OS(=O)(=O)c4ccc([N+](=O)[O-])cc4)CC3)CC2)sc2c([N+](=O)[O-])cc(C(F)(F)F)cc12. The molecule has 2 fully saturated rings. The molecule has 2 aliphatic rings. The molecule has 0 N–H and O–H groups in total. The summed E-state index contributed by atoms with van der Waals surface area (Å²) in [5, 5.41) is 22.5. The number of rotatable bonds is 8. The first-order valence-corrected chi connectivity index (χ1v) is 15.9. The summed E-state index contributed by atoms with van der Waals surface area (Å²) >= 11 is 0.929. The van der Waals surface area contributed by atoms with Crippen LogP contribution in [0.15, 0.2) is 52.2 Å². The fourth-order valence-electron chi connectivity index (χ4n) is 5.58. The Balaban J connectivity index is 1.16. The van der Waals surface area contributed by atoms with Crippen LogP contribution in [0.25, 0.3) is 10.1 Å². The molecule has 1 aromatic heterocycles. The number of nitro benzene ring substituents is 2. The molecule has 0 bridgehead atoms. The molecule has 1 saturated carbocycles. The first-order chi connectivity index (χ1) is 20.7. The van der Waals surface area contributed by atoms with Crippen LogP contribution in [0.1, 0.15) is 31.2 Å². The number of hydrogen-bond acceptors (Lipinski definition) is 11. The molecule has 44 heavy (non-hydrogen) atoms. The Morgan fingerprint density at radius 2 is 1.57 bits per heavy atom. The maximum atomic E-state index is 13.3. The van der Waals surface area contributed by atoms with Crippen LogP contribution >= 0.6 is 11.3 Å². The molecule has 0 atom stereocenters. The number of nitro groups is 2. The summed E-state index contributed by atoms with van der Waals surface area (Å²) in [4.78, 5) is 37.6. The predicted molar refractivity (Wildman–Crippen MR) is 156 cm³/mol. The Bertz CT molecular complexity index is 1730. The monoisotopic (exact) mass is 656 g/mol. The van der Waals surface area contributed by atoms with Gasteiger partial charge in [0, 0.05) is 62.4 Å². The fourth-order valence-corrected chi connectivity index (χ4v) is 7.90. The van der Waals surface area contributed by atoms with Crippen molar-refractivity contribution in [2.75, 3.05) is 37.6 Å². The minimum Gasteiger partial charge on any atom is -0.361 e. The highest BCUT2D eigenvalue weighted by Crippen LogP contribution is 2.39. The molecule has 3 aromatic rings. The molecule has 0 spiro atoms. The average Bonchev–Trinajstić information content (AvgIpc) is 2.97. The van der Waals surface area contributed by atoms with Crippen molar-refractivity contribution in [3.05, 3.63) is 78.5 Å². The lowest BCUT2D eigenvalue weighted by atomic mass is 9.87. The minimum absolute atomic E-state index is 0.0949. The third-order valence-electron chi connectivity index (χ3n) is 7.91. The van der Waals surface area contributed by atoms with Gasteiger partial charge in [0.05, 0.1) is 31.4 Å². The van der Waals surface area contributed by atoms with Gasteiger partial charge >= 0.3 is 6.18 Å². The van der Waals surface area contributed by atoms with E-state index in [9.17, 15) is 46.6 Å². The molecule has 0 unspecified atom stereocenters. The Labute approximate surface area is 253 Å². The van der Waals surface area contributed by atoms with E-state index in [1.807, 2.05) is 4.90 Å². The number of alkyl halides is 3. The number of hydrogen-bond donors (Lipinski definition) is 0. The van der Waals surface area contributed by atoms with Crippen molar-refractivity contribution in [3.63, 3.8) is 0 Å². The van der Waals surface area contributed by atoms with E-state index in [0.29, 0.717) is 62.1 Å². The second kappa shape index (κ2) is 12.4. The van der Waals surface area contributed by atoms with Crippen LogP contribution in [0.5, 0.6) is 0 Å². The van der Waals surface area contributed by atoms with Crippen molar-refractivity contribution in [1.29, 1.82) is 0 Å². The highest BCUT2D eigenvalue weighted by molar-refractivity contribution is 7.86. The van der Waals surface area contributed by atoms with Crippen molar-refractivity contribution >= 4 is 47.9 Å². The van der Waals surface area contributed by atoms with E-state index in [0.717, 1.165) is 55.0 Å². The van der Waals surface area contributed by atoms with E-state index in [1.54, 1.807) is 0 Å². The molecule has 17 heteroatoms. The van der Waals surface area contributed by atoms with E-state index < -0.39 is 48.9 Å². The maximum absolute atomic E-state index is 13.3. The zero-order valence-electron chi connectivity index (χ0n) is 23.1.